The van der Waals surface area contributed by atoms with Crippen LogP contribution in [0.5, 0.6) is 0 Å². The lowest BCUT2D eigenvalue weighted by atomic mass is 9.55. The summed E-state index contributed by atoms with van der Waals surface area (Å²) < 4.78 is 0. The highest BCUT2D eigenvalue weighted by Crippen LogP contribution is 2.51. The fourth-order valence-corrected chi connectivity index (χ4v) is 11.4. The molecule has 1 heterocycles. The maximum absolute atomic E-state index is 3.95. The lowest BCUT2D eigenvalue weighted by molar-refractivity contribution is 0.332. The van der Waals surface area contributed by atoms with Crippen molar-refractivity contribution < 1.29 is 0 Å². The van der Waals surface area contributed by atoms with Gasteiger partial charge in [0.1, 0.15) is 0 Å². The van der Waals surface area contributed by atoms with E-state index < -0.39 is 0 Å². The molecule has 1 aliphatic heterocycles. The lowest BCUT2D eigenvalue weighted by Crippen LogP contribution is -2.44. The highest BCUT2D eigenvalue weighted by molar-refractivity contribution is 6.73. The second kappa shape index (κ2) is 16.8. The first-order valence-electron chi connectivity index (χ1n) is 24.9. The summed E-state index contributed by atoms with van der Waals surface area (Å²) >= 11 is 0. The first-order valence-corrected chi connectivity index (χ1v) is 24.9. The van der Waals surface area contributed by atoms with Crippen LogP contribution in [-0.4, -0.2) is 7.28 Å². The first-order chi connectivity index (χ1) is 31.6. The Bertz CT molecular complexity index is 2920. The summed E-state index contributed by atoms with van der Waals surface area (Å²) in [5.74, 6) is 0. The molecule has 0 aromatic heterocycles. The summed E-state index contributed by atoms with van der Waals surface area (Å²) in [6.45, 7) is 22.0. The Hall–Kier alpha value is -5.80. The van der Waals surface area contributed by atoms with E-state index in [4.69, 9.17) is 0 Å². The molecule has 0 amide bonds. The molecule has 0 spiro atoms. The molecule has 7 aromatic rings. The van der Waals surface area contributed by atoms with Crippen LogP contribution in [0.25, 0.3) is 33.4 Å². The SMILES string of the molecule is CCCCCc1cc(-c2cc(-c3ccccc3)ccc2Nc2ccc(-c3ccccc3)cc2)c2c(c1)N(c1ccc3c(c1)C(C)(C)CCC3(C)C)c1cc3c(cc1[B]2)C(C)(C)CCC3(C)C. The van der Waals surface area contributed by atoms with Crippen LogP contribution in [0.4, 0.5) is 28.4 Å². The molecule has 0 saturated carbocycles. The number of hydrogen-bond donors (Lipinski definition) is 1. The topological polar surface area (TPSA) is 15.3 Å². The summed E-state index contributed by atoms with van der Waals surface area (Å²) in [6.07, 6.45) is 9.36. The van der Waals surface area contributed by atoms with Gasteiger partial charge in [-0.1, -0.05) is 178 Å². The molecule has 333 valence electrons. The van der Waals surface area contributed by atoms with Crippen LogP contribution in [0.15, 0.2) is 146 Å². The molecule has 0 saturated heterocycles. The van der Waals surface area contributed by atoms with E-state index in [1.165, 1.54) is 128 Å². The number of fused-ring (bicyclic) bond motifs is 4. The Labute approximate surface area is 397 Å². The average Bonchev–Trinajstić information content (AvgIpc) is 3.32. The fourth-order valence-electron chi connectivity index (χ4n) is 11.4. The predicted octanol–water partition coefficient (Wildman–Crippen LogP) is 16.3. The standard InChI is InChI=1S/C63H68BN2/c1-10-11-14-19-42-36-50(49-38-46(44-22-17-13-18-23-44)26-31-56(49)65-47-27-24-45(25-28-47)43-20-15-12-16-21-43)59-58(37-42)66(48-29-30-51-52(39-48)61(4,5)33-32-60(51,2)3)57-41-54-53(40-55(57)64-59)62(6,7)34-35-63(54,8)9/h12-13,15-18,20-31,36-41,65H,10-11,14,19,32-35H2,1-9H3. The molecule has 0 fully saturated rings. The predicted molar refractivity (Wildman–Crippen MR) is 286 cm³/mol. The van der Waals surface area contributed by atoms with Crippen LogP contribution in [0.2, 0.25) is 0 Å². The van der Waals surface area contributed by atoms with Crippen LogP contribution in [0.1, 0.15) is 135 Å². The Morgan fingerprint density at radius 3 is 1.68 bits per heavy atom. The first kappa shape index (κ1) is 44.1. The summed E-state index contributed by atoms with van der Waals surface area (Å²) in [4.78, 5) is 2.67. The summed E-state index contributed by atoms with van der Waals surface area (Å²) in [5, 5.41) is 3.95. The minimum Gasteiger partial charge on any atom is -0.355 e. The molecule has 66 heavy (non-hydrogen) atoms. The van der Waals surface area contributed by atoms with Crippen molar-refractivity contribution in [3.63, 3.8) is 0 Å². The van der Waals surface area contributed by atoms with Gasteiger partial charge in [-0.05, 0) is 170 Å². The molecular weight excluding hydrogens is 796 g/mol. The molecule has 3 heteroatoms. The number of unbranched alkanes of at least 4 members (excludes halogenated alkanes) is 2. The summed E-state index contributed by atoms with van der Waals surface area (Å²) in [7, 11) is 2.55. The van der Waals surface area contributed by atoms with E-state index in [0.29, 0.717) is 0 Å². The van der Waals surface area contributed by atoms with Crippen LogP contribution >= 0.6 is 0 Å². The number of nitrogens with zero attached hydrogens (tertiary/aromatic N) is 1. The maximum Gasteiger partial charge on any atom is 0.197 e. The van der Waals surface area contributed by atoms with Gasteiger partial charge in [0, 0.05) is 34.0 Å². The monoisotopic (exact) mass is 864 g/mol. The van der Waals surface area contributed by atoms with Gasteiger partial charge in [-0.15, -0.1) is 0 Å². The minimum atomic E-state index is 0.0820. The zero-order valence-electron chi connectivity index (χ0n) is 41.0. The van der Waals surface area contributed by atoms with Gasteiger partial charge in [-0.2, -0.15) is 0 Å². The van der Waals surface area contributed by atoms with Crippen molar-refractivity contribution in [2.75, 3.05) is 10.2 Å². The van der Waals surface area contributed by atoms with E-state index in [9.17, 15) is 0 Å². The largest absolute Gasteiger partial charge is 0.355 e. The molecule has 0 unspecified atom stereocenters. The second-order valence-electron chi connectivity index (χ2n) is 22.4. The smallest absolute Gasteiger partial charge is 0.197 e. The third-order valence-corrected chi connectivity index (χ3v) is 15.9. The van der Waals surface area contributed by atoms with Crippen molar-refractivity contribution in [1.29, 1.82) is 0 Å². The number of hydrogen-bond acceptors (Lipinski definition) is 2. The number of anilines is 5. The summed E-state index contributed by atoms with van der Waals surface area (Å²) in [5.41, 5.74) is 23.7. The van der Waals surface area contributed by atoms with Crippen molar-refractivity contribution in [1.82, 2.24) is 0 Å². The third kappa shape index (κ3) is 8.11. The van der Waals surface area contributed by atoms with Gasteiger partial charge in [0.25, 0.3) is 0 Å². The van der Waals surface area contributed by atoms with Gasteiger partial charge >= 0.3 is 0 Å². The second-order valence-corrected chi connectivity index (χ2v) is 22.4. The molecule has 2 nitrogen and oxygen atoms in total. The van der Waals surface area contributed by atoms with Gasteiger partial charge in [-0.25, -0.2) is 0 Å². The Morgan fingerprint density at radius 1 is 0.485 bits per heavy atom. The van der Waals surface area contributed by atoms with E-state index >= 15 is 0 Å². The fraction of sp³-hybridized carbons (Fsp3) is 0.333. The van der Waals surface area contributed by atoms with E-state index in [-0.39, 0.29) is 21.7 Å². The zero-order chi connectivity index (χ0) is 46.0. The average molecular weight is 864 g/mol. The number of nitrogens with one attached hydrogen (secondary N) is 1. The molecule has 1 N–H and O–H groups in total. The third-order valence-electron chi connectivity index (χ3n) is 15.9. The van der Waals surface area contributed by atoms with Crippen LogP contribution in [-0.2, 0) is 28.1 Å². The van der Waals surface area contributed by atoms with E-state index in [0.717, 1.165) is 24.2 Å². The maximum atomic E-state index is 3.95. The van der Waals surface area contributed by atoms with Gasteiger partial charge in [0.2, 0.25) is 0 Å². The lowest BCUT2D eigenvalue weighted by Gasteiger charge is -2.45. The van der Waals surface area contributed by atoms with Gasteiger partial charge in [0.05, 0.1) is 0 Å². The quantitative estimate of drug-likeness (QED) is 0.109. The number of benzene rings is 7. The Balaban J connectivity index is 1.22. The molecule has 2 aliphatic carbocycles. The van der Waals surface area contributed by atoms with Crippen LogP contribution in [0.3, 0.4) is 0 Å². The molecule has 0 atom stereocenters. The molecule has 0 bridgehead atoms. The molecule has 7 aromatic carbocycles. The van der Waals surface area contributed by atoms with E-state index in [1.54, 1.807) is 0 Å². The highest BCUT2D eigenvalue weighted by Gasteiger charge is 2.41. The minimum absolute atomic E-state index is 0.0820. The Kier molecular flexibility index (Phi) is 11.2. The molecule has 1 radical (unpaired) electrons. The van der Waals surface area contributed by atoms with Crippen molar-refractivity contribution in [3.05, 3.63) is 173 Å². The summed E-state index contributed by atoms with van der Waals surface area (Å²) in [6, 6.07) is 55.3. The van der Waals surface area contributed by atoms with E-state index in [2.05, 4.69) is 225 Å². The Morgan fingerprint density at radius 2 is 1.05 bits per heavy atom. The van der Waals surface area contributed by atoms with Crippen molar-refractivity contribution in [2.24, 2.45) is 0 Å². The van der Waals surface area contributed by atoms with Crippen molar-refractivity contribution >= 4 is 46.6 Å². The zero-order valence-corrected chi connectivity index (χ0v) is 41.0. The van der Waals surface area contributed by atoms with E-state index in [1.807, 2.05) is 0 Å². The van der Waals surface area contributed by atoms with Gasteiger partial charge in [0.15, 0.2) is 7.28 Å². The van der Waals surface area contributed by atoms with Crippen LogP contribution < -0.4 is 21.1 Å². The number of rotatable bonds is 10. The molecule has 10 rings (SSSR count). The van der Waals surface area contributed by atoms with Gasteiger partial charge < -0.3 is 10.2 Å². The van der Waals surface area contributed by atoms with Crippen molar-refractivity contribution in [2.45, 2.75) is 135 Å². The van der Waals surface area contributed by atoms with Crippen molar-refractivity contribution in [3.8, 4) is 33.4 Å². The number of aryl methyl sites for hydroxylation is 1. The van der Waals surface area contributed by atoms with Gasteiger partial charge in [-0.3, -0.25) is 0 Å². The van der Waals surface area contributed by atoms with Crippen LogP contribution in [0, 0.1) is 0 Å². The molecular formula is C63H68BN2. The highest BCUT2D eigenvalue weighted by atomic mass is 15.2. The normalized spacial score (nSPS) is 17.1. The molecule has 3 aliphatic rings.